The Balaban J connectivity index is 2.51. The summed E-state index contributed by atoms with van der Waals surface area (Å²) in [5.41, 5.74) is 0.461. The number of benzene rings is 1. The second-order valence-corrected chi connectivity index (χ2v) is 6.04. The molecular formula is C13H16BrNO4. The van der Waals surface area contributed by atoms with Crippen molar-refractivity contribution in [3.63, 3.8) is 0 Å². The van der Waals surface area contributed by atoms with Crippen LogP contribution in [0.3, 0.4) is 0 Å². The minimum absolute atomic E-state index is 0.329. The third-order valence-corrected chi connectivity index (χ3v) is 3.86. The van der Waals surface area contributed by atoms with Gasteiger partial charge in [0, 0.05) is 11.0 Å². The van der Waals surface area contributed by atoms with Gasteiger partial charge in [0.25, 0.3) is 0 Å². The van der Waals surface area contributed by atoms with Crippen LogP contribution < -0.4 is 14.8 Å². The Morgan fingerprint density at radius 1 is 1.58 bits per heavy atom. The van der Waals surface area contributed by atoms with Gasteiger partial charge in [-0.3, -0.25) is 0 Å². The van der Waals surface area contributed by atoms with E-state index >= 15 is 0 Å². The molecule has 0 saturated heterocycles. The summed E-state index contributed by atoms with van der Waals surface area (Å²) < 4.78 is 11.7. The van der Waals surface area contributed by atoms with Crippen molar-refractivity contribution in [2.24, 2.45) is 5.41 Å². The number of methoxy groups -OCH3 is 1. The number of carboxylic acid groups (broad SMARTS) is 1. The fourth-order valence-corrected chi connectivity index (χ4v) is 2.71. The van der Waals surface area contributed by atoms with Crippen LogP contribution in [0.4, 0.5) is 4.79 Å². The molecule has 1 atom stereocenters. The summed E-state index contributed by atoms with van der Waals surface area (Å²) in [4.78, 5) is 11.0. The van der Waals surface area contributed by atoms with Crippen molar-refractivity contribution in [3.05, 3.63) is 22.2 Å². The number of hydrogen-bond acceptors (Lipinski definition) is 3. The smallest absolute Gasteiger partial charge is 0.405 e. The first-order valence-electron chi connectivity index (χ1n) is 5.85. The molecule has 2 N–H and O–H groups in total. The predicted molar refractivity (Wildman–Crippen MR) is 73.9 cm³/mol. The zero-order valence-corrected chi connectivity index (χ0v) is 12.6. The van der Waals surface area contributed by atoms with Crippen LogP contribution in [0.2, 0.25) is 0 Å². The van der Waals surface area contributed by atoms with E-state index in [2.05, 4.69) is 21.2 Å². The maximum Gasteiger partial charge on any atom is 0.405 e. The lowest BCUT2D eigenvalue weighted by molar-refractivity contribution is 0.0991. The average molecular weight is 330 g/mol. The van der Waals surface area contributed by atoms with Crippen LogP contribution in [0.5, 0.6) is 11.5 Å². The lowest BCUT2D eigenvalue weighted by atomic mass is 9.79. The van der Waals surface area contributed by atoms with E-state index in [9.17, 15) is 4.79 Å². The van der Waals surface area contributed by atoms with Crippen molar-refractivity contribution in [3.8, 4) is 11.5 Å². The predicted octanol–water partition coefficient (Wildman–Crippen LogP) is 3.19. The maximum absolute atomic E-state index is 11.0. The average Bonchev–Trinajstić information content (AvgIpc) is 2.32. The van der Waals surface area contributed by atoms with Crippen LogP contribution in [0, 0.1) is 5.41 Å². The highest BCUT2D eigenvalue weighted by molar-refractivity contribution is 9.10. The molecule has 1 aliphatic rings. The Kier molecular flexibility index (Phi) is 3.62. The van der Waals surface area contributed by atoms with E-state index in [0.29, 0.717) is 18.1 Å². The highest BCUT2D eigenvalue weighted by atomic mass is 79.9. The molecule has 1 aromatic carbocycles. The van der Waals surface area contributed by atoms with E-state index in [1.807, 2.05) is 13.8 Å². The van der Waals surface area contributed by atoms with Crippen LogP contribution >= 0.6 is 15.9 Å². The van der Waals surface area contributed by atoms with Gasteiger partial charge in [-0.25, -0.2) is 4.79 Å². The standard InChI is InChI=1S/C13H16BrNO4/c1-13(2)6-19-9-5-8(14)10(18-3)4-7(9)11(13)15-12(16)17/h4-5,11,15H,6H2,1-3H3,(H,16,17). The monoisotopic (exact) mass is 329 g/mol. The minimum atomic E-state index is -1.05. The molecule has 6 heteroatoms. The SMILES string of the molecule is COc1cc2c(cc1Br)OCC(C)(C)C2NC(=O)O. The van der Waals surface area contributed by atoms with Gasteiger partial charge in [0.1, 0.15) is 11.5 Å². The minimum Gasteiger partial charge on any atom is -0.496 e. The molecule has 1 aliphatic heterocycles. The number of ether oxygens (including phenoxy) is 2. The van der Waals surface area contributed by atoms with Crippen LogP contribution in [0.1, 0.15) is 25.5 Å². The van der Waals surface area contributed by atoms with E-state index in [1.165, 1.54) is 0 Å². The number of amides is 1. The van der Waals surface area contributed by atoms with Gasteiger partial charge in [0.05, 0.1) is 24.2 Å². The second kappa shape index (κ2) is 4.92. The molecule has 0 aromatic heterocycles. The van der Waals surface area contributed by atoms with Gasteiger partial charge in [-0.1, -0.05) is 13.8 Å². The van der Waals surface area contributed by atoms with Crippen LogP contribution in [-0.4, -0.2) is 24.9 Å². The number of nitrogens with one attached hydrogen (secondary N) is 1. The third-order valence-electron chi connectivity index (χ3n) is 3.24. The molecule has 0 aliphatic carbocycles. The number of rotatable bonds is 2. The molecule has 1 aromatic rings. The topological polar surface area (TPSA) is 67.8 Å². The molecule has 104 valence electrons. The fourth-order valence-electron chi connectivity index (χ4n) is 2.22. The van der Waals surface area contributed by atoms with Gasteiger partial charge in [-0.05, 0) is 28.1 Å². The third kappa shape index (κ3) is 2.63. The van der Waals surface area contributed by atoms with Crippen molar-refractivity contribution in [2.75, 3.05) is 13.7 Å². The van der Waals surface area contributed by atoms with E-state index in [0.717, 1.165) is 10.0 Å². The molecule has 1 amide bonds. The summed E-state index contributed by atoms with van der Waals surface area (Å²) in [7, 11) is 1.57. The van der Waals surface area contributed by atoms with Crippen molar-refractivity contribution in [1.82, 2.24) is 5.32 Å². The first kappa shape index (κ1) is 14.0. The zero-order valence-electron chi connectivity index (χ0n) is 11.0. The van der Waals surface area contributed by atoms with Crippen LogP contribution in [0.25, 0.3) is 0 Å². The highest BCUT2D eigenvalue weighted by Gasteiger charge is 2.39. The Labute approximate surface area is 120 Å². The van der Waals surface area contributed by atoms with E-state index in [-0.39, 0.29) is 11.5 Å². The van der Waals surface area contributed by atoms with Gasteiger partial charge >= 0.3 is 6.09 Å². The normalized spacial score (nSPS) is 20.1. The Morgan fingerprint density at radius 2 is 2.26 bits per heavy atom. The van der Waals surface area contributed by atoms with E-state index < -0.39 is 6.09 Å². The lowest BCUT2D eigenvalue weighted by Gasteiger charge is -2.39. The van der Waals surface area contributed by atoms with Crippen LogP contribution in [-0.2, 0) is 0 Å². The van der Waals surface area contributed by atoms with E-state index in [4.69, 9.17) is 14.6 Å². The summed E-state index contributed by atoms with van der Waals surface area (Å²) in [5, 5.41) is 11.6. The molecule has 0 fully saturated rings. The van der Waals surface area contributed by atoms with Crippen molar-refractivity contribution in [1.29, 1.82) is 0 Å². The molecule has 5 nitrogen and oxygen atoms in total. The molecule has 1 unspecified atom stereocenters. The number of halogens is 1. The number of carbonyl (C=O) groups is 1. The number of hydrogen-bond donors (Lipinski definition) is 2. The van der Waals surface area contributed by atoms with Gasteiger partial charge < -0.3 is 19.9 Å². The summed E-state index contributed by atoms with van der Waals surface area (Å²) in [6, 6.07) is 3.27. The van der Waals surface area contributed by atoms with Crippen molar-refractivity contribution >= 4 is 22.0 Å². The Morgan fingerprint density at radius 3 is 2.84 bits per heavy atom. The van der Waals surface area contributed by atoms with Crippen molar-refractivity contribution in [2.45, 2.75) is 19.9 Å². The quantitative estimate of drug-likeness (QED) is 0.874. The summed E-state index contributed by atoms with van der Waals surface area (Å²) >= 11 is 3.39. The molecule has 0 bridgehead atoms. The Hall–Kier alpha value is -1.43. The van der Waals surface area contributed by atoms with E-state index in [1.54, 1.807) is 19.2 Å². The molecule has 0 saturated carbocycles. The summed E-state index contributed by atoms with van der Waals surface area (Å²) in [5.74, 6) is 1.32. The van der Waals surface area contributed by atoms with Gasteiger partial charge in [0.2, 0.25) is 0 Å². The first-order chi connectivity index (χ1) is 8.85. The molecule has 0 radical (unpaired) electrons. The molecule has 1 heterocycles. The maximum atomic E-state index is 11.0. The molecule has 19 heavy (non-hydrogen) atoms. The first-order valence-corrected chi connectivity index (χ1v) is 6.64. The lowest BCUT2D eigenvalue weighted by Crippen LogP contribution is -2.43. The highest BCUT2D eigenvalue weighted by Crippen LogP contribution is 2.46. The largest absolute Gasteiger partial charge is 0.496 e. The second-order valence-electron chi connectivity index (χ2n) is 5.18. The van der Waals surface area contributed by atoms with Gasteiger partial charge in [-0.2, -0.15) is 0 Å². The summed E-state index contributed by atoms with van der Waals surface area (Å²) in [6.07, 6.45) is -1.05. The van der Waals surface area contributed by atoms with Gasteiger partial charge in [0.15, 0.2) is 0 Å². The molecular weight excluding hydrogens is 314 g/mol. The van der Waals surface area contributed by atoms with Crippen LogP contribution in [0.15, 0.2) is 16.6 Å². The summed E-state index contributed by atoms with van der Waals surface area (Å²) in [6.45, 7) is 4.37. The molecule has 0 spiro atoms. The fraction of sp³-hybridized carbons (Fsp3) is 0.462. The zero-order chi connectivity index (χ0) is 14.2. The number of fused-ring (bicyclic) bond motifs is 1. The Bertz CT molecular complexity index is 516. The van der Waals surface area contributed by atoms with Gasteiger partial charge in [-0.15, -0.1) is 0 Å². The van der Waals surface area contributed by atoms with Crippen molar-refractivity contribution < 1.29 is 19.4 Å². The molecule has 2 rings (SSSR count).